The van der Waals surface area contributed by atoms with Crippen LogP contribution in [-0.2, 0) is 19.4 Å². The largest absolute Gasteiger partial charge is 0.464 e. The maximum absolute atomic E-state index is 13.6. The third-order valence-corrected chi connectivity index (χ3v) is 8.51. The summed E-state index contributed by atoms with van der Waals surface area (Å²) in [4.78, 5) is 15.3. The number of benzene rings is 2. The third kappa shape index (κ3) is 8.54. The molecule has 0 spiro atoms. The molecule has 8 heteroatoms. The van der Waals surface area contributed by atoms with Crippen molar-refractivity contribution in [2.24, 2.45) is 5.92 Å². The summed E-state index contributed by atoms with van der Waals surface area (Å²) in [6.45, 7) is 10.2. The second-order valence-electron chi connectivity index (χ2n) is 9.89. The molecule has 1 unspecified atom stereocenters. The molecule has 1 aliphatic heterocycles. The number of sulfone groups is 1. The van der Waals surface area contributed by atoms with E-state index in [9.17, 15) is 13.2 Å². The smallest absolute Gasteiger partial charge is 0.334 e. The van der Waals surface area contributed by atoms with Crippen molar-refractivity contribution in [3.63, 3.8) is 0 Å². The van der Waals surface area contributed by atoms with Crippen LogP contribution in [0.15, 0.2) is 64.6 Å². The summed E-state index contributed by atoms with van der Waals surface area (Å²) < 4.78 is 38.4. The van der Waals surface area contributed by atoms with Gasteiger partial charge in [-0.1, -0.05) is 52.3 Å². The number of thioether (sulfide) groups is 1. The van der Waals surface area contributed by atoms with Crippen LogP contribution < -0.4 is 9.64 Å². The molecular weight excluding hydrogens is 506 g/mol. The number of para-hydroxylation sites is 1. The van der Waals surface area contributed by atoms with Gasteiger partial charge in [0.05, 0.1) is 33.6 Å². The van der Waals surface area contributed by atoms with Crippen LogP contribution in [0.25, 0.3) is 0 Å². The molecule has 1 aliphatic rings. The minimum Gasteiger partial charge on any atom is -0.464 e. The molecule has 0 amide bonds. The first kappa shape index (κ1) is 30.8. The predicted octanol–water partition coefficient (Wildman–Crippen LogP) is 7.40. The van der Waals surface area contributed by atoms with Crippen LogP contribution in [0.1, 0.15) is 61.3 Å². The minimum atomic E-state index is -3.57. The molecule has 37 heavy (non-hydrogen) atoms. The van der Waals surface area contributed by atoms with Gasteiger partial charge in [-0.15, -0.1) is 11.8 Å². The average molecular weight is 548 g/mol. The van der Waals surface area contributed by atoms with E-state index in [1.54, 1.807) is 38.6 Å². The molecule has 0 fully saturated rings. The van der Waals surface area contributed by atoms with Crippen molar-refractivity contribution < 1.29 is 22.7 Å². The molecule has 2 aromatic rings. The first-order chi connectivity index (χ1) is 17.0. The molecule has 6 nitrogen and oxygen atoms in total. The molecule has 1 atom stereocenters. The average Bonchev–Trinajstić information content (AvgIpc) is 2.91. The monoisotopic (exact) mass is 547 g/mol. The summed E-state index contributed by atoms with van der Waals surface area (Å²) >= 11 is 1.57. The number of unbranched alkanes of at least 4 members (excludes halogenated alkanes) is 1. The highest BCUT2D eigenvalue weighted by molar-refractivity contribution is 7.99. The second-order valence-corrected chi connectivity index (χ2v) is 13.2. The summed E-state index contributed by atoms with van der Waals surface area (Å²) in [5.74, 6) is 0.771. The van der Waals surface area contributed by atoms with E-state index in [2.05, 4.69) is 11.8 Å². The van der Waals surface area contributed by atoms with Crippen molar-refractivity contribution in [1.29, 1.82) is 0 Å². The highest BCUT2D eigenvalue weighted by Gasteiger charge is 2.33. The number of anilines is 2. The second kappa shape index (κ2) is 13.4. The van der Waals surface area contributed by atoms with Gasteiger partial charge in [0.25, 0.3) is 0 Å². The summed E-state index contributed by atoms with van der Waals surface area (Å²) in [6.07, 6.45) is 5.33. The number of esters is 1. The van der Waals surface area contributed by atoms with Gasteiger partial charge in [-0.3, -0.25) is 0 Å². The maximum atomic E-state index is 13.6. The molecule has 0 aliphatic carbocycles. The van der Waals surface area contributed by atoms with Crippen LogP contribution in [0.2, 0.25) is 0 Å². The van der Waals surface area contributed by atoms with E-state index in [1.165, 1.54) is 12.3 Å². The molecule has 0 bridgehead atoms. The van der Waals surface area contributed by atoms with Crippen LogP contribution >= 0.6 is 11.8 Å². The molecule has 0 saturated carbocycles. The van der Waals surface area contributed by atoms with Crippen LogP contribution in [0.3, 0.4) is 0 Å². The fraction of sp³-hybridized carbons (Fsp3) is 0.483. The van der Waals surface area contributed by atoms with E-state index in [1.807, 2.05) is 43.3 Å². The fourth-order valence-corrected chi connectivity index (χ4v) is 6.78. The summed E-state index contributed by atoms with van der Waals surface area (Å²) in [7, 11) is -3.57. The molecule has 0 radical (unpaired) electrons. The van der Waals surface area contributed by atoms with Crippen LogP contribution in [0.4, 0.5) is 11.4 Å². The Morgan fingerprint density at radius 2 is 1.86 bits per heavy atom. The van der Waals surface area contributed by atoms with Gasteiger partial charge in [0.1, 0.15) is 11.4 Å². The molecule has 204 valence electrons. The Morgan fingerprint density at radius 1 is 1.16 bits per heavy atom. The van der Waals surface area contributed by atoms with Gasteiger partial charge in [0.2, 0.25) is 0 Å². The number of hydrogen-bond donors (Lipinski definition) is 0. The molecular formula is C29H41NO5S2. The van der Waals surface area contributed by atoms with Gasteiger partial charge in [0, 0.05) is 18.3 Å². The summed E-state index contributed by atoms with van der Waals surface area (Å²) in [5, 5.41) is 0. The Hall–Kier alpha value is -2.45. The maximum Gasteiger partial charge on any atom is 0.334 e. The van der Waals surface area contributed by atoms with E-state index in [4.69, 9.17) is 9.47 Å². The lowest BCUT2D eigenvalue weighted by Crippen LogP contribution is -2.26. The van der Waals surface area contributed by atoms with E-state index in [0.29, 0.717) is 18.0 Å². The number of ether oxygens (including phenoxy) is 2. The topological polar surface area (TPSA) is 72.9 Å². The van der Waals surface area contributed by atoms with Crippen molar-refractivity contribution in [2.75, 3.05) is 23.0 Å². The molecule has 0 saturated heterocycles. The van der Waals surface area contributed by atoms with E-state index in [-0.39, 0.29) is 24.0 Å². The van der Waals surface area contributed by atoms with Gasteiger partial charge >= 0.3 is 5.97 Å². The standard InChI is InChI=1S/C28H37NO5S2.CH4/c1-6-8-12-21-19-29(22-13-10-9-11-14-22)23-17-25(35-7-2)24(18-26(23)36(31,32)20-21)33-16-15-27(30)34-28(3,4)5;/h9-11,13-18,21H,6-8,12,19-20H2,1-5H3;1H4/b16-15+;. The Bertz CT molecular complexity index is 1170. The third-order valence-electron chi connectivity index (χ3n) is 5.69. The van der Waals surface area contributed by atoms with Crippen LogP contribution in [0, 0.1) is 5.92 Å². The molecule has 1 heterocycles. The van der Waals surface area contributed by atoms with Gasteiger partial charge in [-0.05, 0) is 57.1 Å². The lowest BCUT2D eigenvalue weighted by atomic mass is 10.0. The number of carbonyl (C=O) groups excluding carboxylic acids is 1. The predicted molar refractivity (Wildman–Crippen MR) is 154 cm³/mol. The Morgan fingerprint density at radius 3 is 2.49 bits per heavy atom. The van der Waals surface area contributed by atoms with Crippen molar-refractivity contribution in [3.05, 3.63) is 54.8 Å². The highest BCUT2D eigenvalue weighted by Crippen LogP contribution is 2.43. The zero-order chi connectivity index (χ0) is 26.3. The first-order valence-electron chi connectivity index (χ1n) is 12.5. The van der Waals surface area contributed by atoms with Crippen LogP contribution in [-0.4, -0.2) is 38.0 Å². The lowest BCUT2D eigenvalue weighted by molar-refractivity contribution is -0.148. The van der Waals surface area contributed by atoms with Gasteiger partial charge in [0.15, 0.2) is 9.84 Å². The Labute approximate surface area is 227 Å². The minimum absolute atomic E-state index is 0. The fourth-order valence-electron chi connectivity index (χ4n) is 4.18. The summed E-state index contributed by atoms with van der Waals surface area (Å²) in [6, 6.07) is 13.4. The van der Waals surface area contributed by atoms with Crippen molar-refractivity contribution >= 4 is 38.9 Å². The Balaban J connectivity index is 0.00000481. The normalized spacial score (nSPS) is 17.0. The lowest BCUT2D eigenvalue weighted by Gasteiger charge is -2.28. The molecule has 2 aromatic carbocycles. The van der Waals surface area contributed by atoms with Crippen molar-refractivity contribution in [2.45, 2.75) is 76.7 Å². The number of fused-ring (bicyclic) bond motifs is 1. The number of rotatable bonds is 9. The zero-order valence-electron chi connectivity index (χ0n) is 21.8. The molecule has 0 N–H and O–H groups in total. The van der Waals surface area contributed by atoms with E-state index < -0.39 is 21.4 Å². The van der Waals surface area contributed by atoms with Crippen molar-refractivity contribution in [3.8, 4) is 5.75 Å². The van der Waals surface area contributed by atoms with E-state index >= 15 is 0 Å². The highest BCUT2D eigenvalue weighted by atomic mass is 32.2. The van der Waals surface area contributed by atoms with Gasteiger partial charge in [-0.25, -0.2) is 13.2 Å². The Kier molecular flexibility index (Phi) is 11.1. The van der Waals surface area contributed by atoms with Crippen LogP contribution in [0.5, 0.6) is 5.75 Å². The van der Waals surface area contributed by atoms with Gasteiger partial charge in [-0.2, -0.15) is 0 Å². The number of carbonyl (C=O) groups is 1. The SMILES string of the molecule is C.CCCCC1CN(c2ccccc2)c2cc(SCC)c(O/C=C/C(=O)OC(C)(C)C)cc2S(=O)(=O)C1. The van der Waals surface area contributed by atoms with Crippen molar-refractivity contribution in [1.82, 2.24) is 0 Å². The quantitative estimate of drug-likeness (QED) is 0.140. The molecule has 0 aromatic heterocycles. The zero-order valence-corrected chi connectivity index (χ0v) is 23.5. The summed E-state index contributed by atoms with van der Waals surface area (Å²) in [5.41, 5.74) is 1.01. The van der Waals surface area contributed by atoms with E-state index in [0.717, 1.165) is 35.6 Å². The number of hydrogen-bond acceptors (Lipinski definition) is 7. The first-order valence-corrected chi connectivity index (χ1v) is 15.1. The van der Waals surface area contributed by atoms with Gasteiger partial charge < -0.3 is 14.4 Å². The number of nitrogens with zero attached hydrogens (tertiary/aromatic N) is 1. The molecule has 3 rings (SSSR count).